The Kier molecular flexibility index (Phi) is 2.57. The van der Waals surface area contributed by atoms with Gasteiger partial charge in [0.1, 0.15) is 18.0 Å². The molecule has 2 aromatic rings. The summed E-state index contributed by atoms with van der Waals surface area (Å²) in [6, 6.07) is 1.17. The van der Waals surface area contributed by atoms with Gasteiger partial charge in [-0.1, -0.05) is 0 Å². The summed E-state index contributed by atoms with van der Waals surface area (Å²) in [5.74, 6) is 0.652. The van der Waals surface area contributed by atoms with Crippen LogP contribution in [0.4, 0.5) is 10.2 Å². The van der Waals surface area contributed by atoms with E-state index in [9.17, 15) is 4.39 Å². The fraction of sp³-hybridized carbons (Fsp3) is 0.222. The molecule has 2 heterocycles. The molecule has 0 spiro atoms. The Labute approximate surface area is 85.8 Å². The van der Waals surface area contributed by atoms with Crippen LogP contribution in [-0.4, -0.2) is 19.9 Å². The van der Waals surface area contributed by atoms with E-state index in [4.69, 9.17) is 0 Å². The first kappa shape index (κ1) is 9.57. The summed E-state index contributed by atoms with van der Waals surface area (Å²) in [5.41, 5.74) is 0. The quantitative estimate of drug-likeness (QED) is 0.749. The fourth-order valence-corrected chi connectivity index (χ4v) is 1.22. The number of hydrogen-bond donors (Lipinski definition) is 2. The monoisotopic (exact) mass is 207 g/mol. The SMILES string of the molecule is CC(Nc1cc(F)ncn1)c1ncc[nH]1. The van der Waals surface area contributed by atoms with Crippen molar-refractivity contribution in [3.63, 3.8) is 0 Å². The highest BCUT2D eigenvalue weighted by atomic mass is 19.1. The molecule has 5 nitrogen and oxygen atoms in total. The average Bonchev–Trinajstić information content (AvgIpc) is 2.70. The summed E-state index contributed by atoms with van der Waals surface area (Å²) < 4.78 is 12.7. The van der Waals surface area contributed by atoms with Gasteiger partial charge in [0, 0.05) is 18.5 Å². The lowest BCUT2D eigenvalue weighted by Crippen LogP contribution is -2.09. The van der Waals surface area contributed by atoms with Crippen molar-refractivity contribution in [3.05, 3.63) is 36.6 Å². The van der Waals surface area contributed by atoms with Gasteiger partial charge in [0.25, 0.3) is 0 Å². The number of aromatic amines is 1. The molecular formula is C9H10FN5. The number of hydrogen-bond acceptors (Lipinski definition) is 4. The molecule has 0 aliphatic heterocycles. The minimum Gasteiger partial charge on any atom is -0.360 e. The number of rotatable bonds is 3. The van der Waals surface area contributed by atoms with Crippen molar-refractivity contribution in [3.8, 4) is 0 Å². The van der Waals surface area contributed by atoms with Gasteiger partial charge in [-0.05, 0) is 6.92 Å². The summed E-state index contributed by atoms with van der Waals surface area (Å²) >= 11 is 0. The third-order valence-electron chi connectivity index (χ3n) is 1.93. The Balaban J connectivity index is 2.09. The van der Waals surface area contributed by atoms with Gasteiger partial charge >= 0.3 is 0 Å². The average molecular weight is 207 g/mol. The van der Waals surface area contributed by atoms with Crippen LogP contribution < -0.4 is 5.32 Å². The van der Waals surface area contributed by atoms with Crippen molar-refractivity contribution in [2.24, 2.45) is 0 Å². The van der Waals surface area contributed by atoms with E-state index in [1.165, 1.54) is 12.4 Å². The molecule has 2 N–H and O–H groups in total. The summed E-state index contributed by atoms with van der Waals surface area (Å²) in [6.45, 7) is 1.90. The molecule has 0 aliphatic carbocycles. The number of aromatic nitrogens is 4. The van der Waals surface area contributed by atoms with Crippen molar-refractivity contribution >= 4 is 5.82 Å². The van der Waals surface area contributed by atoms with Crippen molar-refractivity contribution < 1.29 is 4.39 Å². The van der Waals surface area contributed by atoms with Crippen LogP contribution in [0.25, 0.3) is 0 Å². The zero-order chi connectivity index (χ0) is 10.7. The van der Waals surface area contributed by atoms with Crippen LogP contribution in [0.15, 0.2) is 24.8 Å². The molecule has 1 atom stereocenters. The predicted molar refractivity (Wildman–Crippen MR) is 52.6 cm³/mol. The molecular weight excluding hydrogens is 197 g/mol. The minimum atomic E-state index is -0.556. The Hall–Kier alpha value is -1.98. The van der Waals surface area contributed by atoms with Crippen molar-refractivity contribution in [2.45, 2.75) is 13.0 Å². The smallest absolute Gasteiger partial charge is 0.217 e. The third-order valence-corrected chi connectivity index (χ3v) is 1.93. The normalized spacial score (nSPS) is 12.4. The highest BCUT2D eigenvalue weighted by molar-refractivity contribution is 5.34. The number of nitrogens with zero attached hydrogens (tertiary/aromatic N) is 3. The predicted octanol–water partition coefficient (Wildman–Crippen LogP) is 1.51. The molecule has 0 radical (unpaired) electrons. The molecule has 0 fully saturated rings. The maximum Gasteiger partial charge on any atom is 0.217 e. The third kappa shape index (κ3) is 2.28. The molecule has 2 rings (SSSR count). The van der Waals surface area contributed by atoms with Gasteiger partial charge in [-0.3, -0.25) is 0 Å². The zero-order valence-electron chi connectivity index (χ0n) is 8.11. The first-order valence-corrected chi connectivity index (χ1v) is 4.49. The summed E-state index contributed by atoms with van der Waals surface area (Å²) in [4.78, 5) is 14.3. The van der Waals surface area contributed by atoms with Crippen molar-refractivity contribution in [1.82, 2.24) is 19.9 Å². The van der Waals surface area contributed by atoms with Gasteiger partial charge in [-0.25, -0.2) is 15.0 Å². The largest absolute Gasteiger partial charge is 0.360 e. The van der Waals surface area contributed by atoms with E-state index in [-0.39, 0.29) is 6.04 Å². The lowest BCUT2D eigenvalue weighted by molar-refractivity contribution is 0.579. The van der Waals surface area contributed by atoms with Crippen molar-refractivity contribution in [1.29, 1.82) is 0 Å². The van der Waals surface area contributed by atoms with E-state index in [1.54, 1.807) is 12.4 Å². The minimum absolute atomic E-state index is 0.0608. The van der Waals surface area contributed by atoms with Gasteiger partial charge < -0.3 is 10.3 Å². The summed E-state index contributed by atoms with van der Waals surface area (Å²) in [6.07, 6.45) is 4.56. The van der Waals surface area contributed by atoms with E-state index in [0.29, 0.717) is 5.82 Å². The molecule has 0 aromatic carbocycles. The van der Waals surface area contributed by atoms with Gasteiger partial charge in [0.2, 0.25) is 5.95 Å². The van der Waals surface area contributed by atoms with Crippen molar-refractivity contribution in [2.75, 3.05) is 5.32 Å². The molecule has 6 heteroatoms. The first-order valence-electron chi connectivity index (χ1n) is 4.49. The number of halogens is 1. The van der Waals surface area contributed by atoms with Crippen LogP contribution in [0.2, 0.25) is 0 Å². The Morgan fingerprint density at radius 2 is 2.27 bits per heavy atom. The molecule has 2 aromatic heterocycles. The number of imidazole rings is 1. The van der Waals surface area contributed by atoms with E-state index in [0.717, 1.165) is 5.82 Å². The van der Waals surface area contributed by atoms with E-state index in [2.05, 4.69) is 25.3 Å². The highest BCUT2D eigenvalue weighted by Gasteiger charge is 2.08. The van der Waals surface area contributed by atoms with E-state index >= 15 is 0 Å². The second kappa shape index (κ2) is 4.04. The lowest BCUT2D eigenvalue weighted by Gasteiger charge is -2.11. The molecule has 0 amide bonds. The summed E-state index contributed by atoms with van der Waals surface area (Å²) in [7, 11) is 0. The van der Waals surface area contributed by atoms with E-state index < -0.39 is 5.95 Å². The lowest BCUT2D eigenvalue weighted by atomic mass is 10.3. The summed E-state index contributed by atoms with van der Waals surface area (Å²) in [5, 5.41) is 3.00. The molecule has 78 valence electrons. The Morgan fingerprint density at radius 3 is 2.93 bits per heavy atom. The van der Waals surface area contributed by atoms with Crippen LogP contribution in [0.5, 0.6) is 0 Å². The molecule has 0 saturated carbocycles. The second-order valence-corrected chi connectivity index (χ2v) is 3.07. The molecule has 0 bridgehead atoms. The molecule has 0 saturated heterocycles. The number of H-pyrrole nitrogens is 1. The molecule has 15 heavy (non-hydrogen) atoms. The van der Waals surface area contributed by atoms with Gasteiger partial charge in [0.15, 0.2) is 0 Å². The second-order valence-electron chi connectivity index (χ2n) is 3.07. The molecule has 1 unspecified atom stereocenters. The standard InChI is InChI=1S/C9H10FN5/c1-6(9-11-2-3-12-9)15-8-4-7(10)13-5-14-8/h2-6H,1H3,(H,11,12)(H,13,14,15). The van der Waals surface area contributed by atoms with Gasteiger partial charge in [0.05, 0.1) is 6.04 Å². The van der Waals surface area contributed by atoms with Crippen LogP contribution in [0, 0.1) is 5.95 Å². The first-order chi connectivity index (χ1) is 7.25. The maximum atomic E-state index is 12.7. The van der Waals surface area contributed by atoms with Crippen LogP contribution in [0.3, 0.4) is 0 Å². The zero-order valence-corrected chi connectivity index (χ0v) is 8.11. The maximum absolute atomic E-state index is 12.7. The van der Waals surface area contributed by atoms with Crippen LogP contribution >= 0.6 is 0 Å². The van der Waals surface area contributed by atoms with Gasteiger partial charge in [-0.2, -0.15) is 4.39 Å². The van der Waals surface area contributed by atoms with Crippen LogP contribution in [-0.2, 0) is 0 Å². The number of anilines is 1. The Bertz CT molecular complexity index is 428. The highest BCUT2D eigenvalue weighted by Crippen LogP contribution is 2.13. The molecule has 0 aliphatic rings. The van der Waals surface area contributed by atoms with Gasteiger partial charge in [-0.15, -0.1) is 0 Å². The van der Waals surface area contributed by atoms with E-state index in [1.807, 2.05) is 6.92 Å². The number of nitrogens with one attached hydrogen (secondary N) is 2. The van der Waals surface area contributed by atoms with Crippen LogP contribution in [0.1, 0.15) is 18.8 Å². The fourth-order valence-electron chi connectivity index (χ4n) is 1.22. The Morgan fingerprint density at radius 1 is 1.40 bits per heavy atom. The topological polar surface area (TPSA) is 66.5 Å².